The van der Waals surface area contributed by atoms with Crippen LogP contribution in [0.25, 0.3) is 33.0 Å². The minimum atomic E-state index is -4.66. The Morgan fingerprint density at radius 1 is 0.579 bits per heavy atom. The Kier molecular flexibility index (Phi) is 6.92. The van der Waals surface area contributed by atoms with E-state index in [1.54, 1.807) is 0 Å². The molecule has 0 bridgehead atoms. The fraction of sp³-hybridized carbons (Fsp3) is 0.143. The molecule has 0 spiro atoms. The van der Waals surface area contributed by atoms with Crippen LogP contribution >= 0.6 is 0 Å². The zero-order valence-electron chi connectivity index (χ0n) is 19.8. The van der Waals surface area contributed by atoms with Crippen LogP contribution in [0.4, 0.5) is 26.3 Å². The van der Waals surface area contributed by atoms with Gasteiger partial charge in [-0.15, -0.1) is 0 Å². The lowest BCUT2D eigenvalue weighted by Crippen LogP contribution is -2.12. The average Bonchev–Trinajstić information content (AvgIpc) is 2.89. The fourth-order valence-electron chi connectivity index (χ4n) is 4.11. The van der Waals surface area contributed by atoms with Crippen molar-refractivity contribution in [1.29, 1.82) is 0 Å². The highest BCUT2D eigenvalue weighted by atomic mass is 19.4. The van der Waals surface area contributed by atoms with Gasteiger partial charge >= 0.3 is 24.3 Å². The number of halogens is 6. The van der Waals surface area contributed by atoms with Crippen molar-refractivity contribution in [3.05, 3.63) is 95.1 Å². The molecule has 0 amide bonds. The van der Waals surface area contributed by atoms with Crippen LogP contribution in [0.3, 0.4) is 0 Å². The Balaban J connectivity index is 2.08. The number of rotatable bonds is 4. The molecule has 0 fully saturated rings. The summed E-state index contributed by atoms with van der Waals surface area (Å²) in [7, 11) is 2.22. The lowest BCUT2D eigenvalue weighted by atomic mass is 9.89. The normalized spacial score (nSPS) is 11.9. The smallest absolute Gasteiger partial charge is 0.416 e. The van der Waals surface area contributed by atoms with Gasteiger partial charge in [-0.2, -0.15) is 26.3 Å². The molecule has 0 radical (unpaired) electrons. The van der Waals surface area contributed by atoms with Crippen molar-refractivity contribution in [3.8, 4) is 22.3 Å². The molecule has 0 aromatic heterocycles. The number of benzene rings is 4. The largest absolute Gasteiger partial charge is 0.465 e. The molecule has 0 unspecified atom stereocenters. The maximum absolute atomic E-state index is 13.5. The molecule has 0 aliphatic rings. The van der Waals surface area contributed by atoms with Gasteiger partial charge in [-0.05, 0) is 81.6 Å². The summed E-state index contributed by atoms with van der Waals surface area (Å²) in [5.41, 5.74) is -1.63. The molecule has 0 heterocycles. The highest BCUT2D eigenvalue weighted by molar-refractivity contribution is 6.09. The van der Waals surface area contributed by atoms with Gasteiger partial charge in [0.05, 0.1) is 36.5 Å². The molecule has 0 saturated carbocycles. The molecule has 0 aliphatic carbocycles. The first-order chi connectivity index (χ1) is 17.8. The summed E-state index contributed by atoms with van der Waals surface area (Å²) in [6, 6.07) is 14.3. The summed E-state index contributed by atoms with van der Waals surface area (Å²) in [5.74, 6) is -1.70. The second-order valence-electron chi connectivity index (χ2n) is 8.28. The number of hydrogen-bond donors (Lipinski definition) is 0. The molecule has 4 aromatic carbocycles. The molecule has 38 heavy (non-hydrogen) atoms. The minimum Gasteiger partial charge on any atom is -0.465 e. The van der Waals surface area contributed by atoms with Gasteiger partial charge in [-0.25, -0.2) is 9.59 Å². The van der Waals surface area contributed by atoms with Gasteiger partial charge in [0.1, 0.15) is 0 Å². The molecule has 0 saturated heterocycles. The number of carbonyl (C=O) groups excluding carboxylic acids is 2. The topological polar surface area (TPSA) is 52.6 Å². The second-order valence-corrected chi connectivity index (χ2v) is 8.28. The van der Waals surface area contributed by atoms with Crippen molar-refractivity contribution < 1.29 is 45.4 Å². The Hall–Kier alpha value is -4.34. The quantitative estimate of drug-likeness (QED) is 0.199. The van der Waals surface area contributed by atoms with Gasteiger partial charge in [0.2, 0.25) is 0 Å². The Labute approximate surface area is 212 Å². The van der Waals surface area contributed by atoms with Crippen LogP contribution in [0.5, 0.6) is 0 Å². The summed E-state index contributed by atoms with van der Waals surface area (Å²) in [6.07, 6.45) is -9.31. The highest BCUT2D eigenvalue weighted by Crippen LogP contribution is 2.40. The number of fused-ring (bicyclic) bond motifs is 1. The zero-order valence-corrected chi connectivity index (χ0v) is 19.8. The van der Waals surface area contributed by atoms with Crippen LogP contribution in [-0.4, -0.2) is 26.2 Å². The monoisotopic (exact) mass is 532 g/mol. The number of alkyl halides is 6. The molecule has 0 aliphatic heterocycles. The van der Waals surface area contributed by atoms with E-state index in [1.165, 1.54) is 48.5 Å². The van der Waals surface area contributed by atoms with Gasteiger partial charge in [0, 0.05) is 0 Å². The van der Waals surface area contributed by atoms with Gasteiger partial charge in [-0.1, -0.05) is 24.3 Å². The van der Waals surface area contributed by atoms with Crippen LogP contribution in [0, 0.1) is 0 Å². The lowest BCUT2D eigenvalue weighted by Gasteiger charge is -2.17. The molecule has 10 heteroatoms. The van der Waals surface area contributed by atoms with Gasteiger partial charge < -0.3 is 9.47 Å². The molecule has 0 N–H and O–H groups in total. The first kappa shape index (κ1) is 26.7. The van der Waals surface area contributed by atoms with Crippen LogP contribution in [0.2, 0.25) is 0 Å². The Morgan fingerprint density at radius 2 is 0.947 bits per heavy atom. The van der Waals surface area contributed by atoms with E-state index in [0.29, 0.717) is 10.8 Å². The van der Waals surface area contributed by atoms with Crippen LogP contribution < -0.4 is 0 Å². The van der Waals surface area contributed by atoms with E-state index in [-0.39, 0.29) is 33.4 Å². The van der Waals surface area contributed by atoms with E-state index in [2.05, 4.69) is 0 Å². The van der Waals surface area contributed by atoms with E-state index in [1.807, 2.05) is 0 Å². The summed E-state index contributed by atoms with van der Waals surface area (Å²) >= 11 is 0. The standard InChI is InChI=1S/C28H18F6O4/c1-37-25(35)23-13-17-11-21(15-5-3-7-19(9-15)27(29,30)31)22(12-18(17)14-24(23)26(36)38-2)16-6-4-8-20(10-16)28(32,33)34/h3-14H,1-2H3. The third-order valence-corrected chi connectivity index (χ3v) is 5.93. The number of carbonyl (C=O) groups is 2. The van der Waals surface area contributed by atoms with E-state index in [9.17, 15) is 35.9 Å². The minimum absolute atomic E-state index is 0.0887. The molecular formula is C28H18F6O4. The van der Waals surface area contributed by atoms with Gasteiger partial charge in [0.15, 0.2) is 0 Å². The average molecular weight is 532 g/mol. The van der Waals surface area contributed by atoms with Gasteiger partial charge in [0.25, 0.3) is 0 Å². The summed E-state index contributed by atoms with van der Waals surface area (Å²) in [6.45, 7) is 0. The number of esters is 2. The van der Waals surface area contributed by atoms with Crippen molar-refractivity contribution in [2.75, 3.05) is 14.2 Å². The predicted octanol–water partition coefficient (Wildman–Crippen LogP) is 7.78. The number of hydrogen-bond acceptors (Lipinski definition) is 4. The van der Waals surface area contributed by atoms with Crippen molar-refractivity contribution >= 4 is 22.7 Å². The Morgan fingerprint density at radius 3 is 1.26 bits per heavy atom. The summed E-state index contributed by atoms with van der Waals surface area (Å²) in [5, 5.41) is 0.669. The van der Waals surface area contributed by atoms with E-state index >= 15 is 0 Å². The number of ether oxygens (including phenoxy) is 2. The maximum Gasteiger partial charge on any atom is 0.416 e. The van der Waals surface area contributed by atoms with Crippen LogP contribution in [0.1, 0.15) is 31.8 Å². The first-order valence-electron chi connectivity index (χ1n) is 11.0. The van der Waals surface area contributed by atoms with E-state index in [4.69, 9.17) is 9.47 Å². The second kappa shape index (κ2) is 9.85. The highest BCUT2D eigenvalue weighted by Gasteiger charge is 2.32. The lowest BCUT2D eigenvalue weighted by molar-refractivity contribution is -0.138. The SMILES string of the molecule is COC(=O)c1cc2cc(-c3cccc(C(F)(F)F)c3)c(-c3cccc(C(F)(F)F)c3)cc2cc1C(=O)OC. The van der Waals surface area contributed by atoms with Crippen molar-refractivity contribution in [2.45, 2.75) is 12.4 Å². The molecule has 196 valence electrons. The van der Waals surface area contributed by atoms with Gasteiger partial charge in [-0.3, -0.25) is 0 Å². The maximum atomic E-state index is 13.5. The van der Waals surface area contributed by atoms with E-state index in [0.717, 1.165) is 38.5 Å². The van der Waals surface area contributed by atoms with Crippen LogP contribution in [0.15, 0.2) is 72.8 Å². The summed E-state index contributed by atoms with van der Waals surface area (Å²) < 4.78 is 90.2. The summed E-state index contributed by atoms with van der Waals surface area (Å²) in [4.78, 5) is 24.7. The van der Waals surface area contributed by atoms with Crippen molar-refractivity contribution in [3.63, 3.8) is 0 Å². The molecule has 4 aromatic rings. The third kappa shape index (κ3) is 5.20. The molecule has 4 nitrogen and oxygen atoms in total. The third-order valence-electron chi connectivity index (χ3n) is 5.93. The first-order valence-corrected chi connectivity index (χ1v) is 11.0. The van der Waals surface area contributed by atoms with Crippen molar-refractivity contribution in [1.82, 2.24) is 0 Å². The molecule has 0 atom stereocenters. The zero-order chi connectivity index (χ0) is 27.8. The van der Waals surface area contributed by atoms with E-state index < -0.39 is 35.4 Å². The molecular weight excluding hydrogens is 514 g/mol. The molecule has 4 rings (SSSR count). The predicted molar refractivity (Wildman–Crippen MR) is 128 cm³/mol. The van der Waals surface area contributed by atoms with Crippen LogP contribution in [-0.2, 0) is 21.8 Å². The van der Waals surface area contributed by atoms with Crippen molar-refractivity contribution in [2.24, 2.45) is 0 Å². The fourth-order valence-corrected chi connectivity index (χ4v) is 4.11. The Bertz CT molecular complexity index is 1440. The number of methoxy groups -OCH3 is 2.